The van der Waals surface area contributed by atoms with Gasteiger partial charge in [-0.25, -0.2) is 4.98 Å². The molecule has 4 amide bonds. The summed E-state index contributed by atoms with van der Waals surface area (Å²) in [6.07, 6.45) is 4.31. The van der Waals surface area contributed by atoms with Gasteiger partial charge in [0, 0.05) is 31.2 Å². The summed E-state index contributed by atoms with van der Waals surface area (Å²) < 4.78 is 47.4. The Balaban J connectivity index is 0.942. The van der Waals surface area contributed by atoms with Crippen molar-refractivity contribution in [3.8, 4) is 6.07 Å². The quantitative estimate of drug-likeness (QED) is 0.233. The minimum atomic E-state index is -4.82. The maximum Gasteiger partial charge on any atom is 0.419 e. The first-order valence-electron chi connectivity index (χ1n) is 19.1. The summed E-state index contributed by atoms with van der Waals surface area (Å²) in [6.45, 7) is 8.47. The van der Waals surface area contributed by atoms with Gasteiger partial charge in [-0.3, -0.25) is 39.3 Å². The van der Waals surface area contributed by atoms with Crippen LogP contribution < -0.4 is 15.5 Å². The molecule has 4 fully saturated rings. The number of aromatic nitrogens is 2. The molecule has 2 aromatic rings. The minimum Gasteiger partial charge on any atom is -0.378 e. The number of anilines is 2. The van der Waals surface area contributed by atoms with Crippen LogP contribution >= 0.6 is 12.2 Å². The fourth-order valence-corrected chi connectivity index (χ4v) is 9.23. The lowest BCUT2D eigenvalue weighted by Gasteiger charge is -2.42. The summed E-state index contributed by atoms with van der Waals surface area (Å²) in [5.41, 5.74) is -2.07. The Hall–Kier alpha value is -4.53. The van der Waals surface area contributed by atoms with Crippen LogP contribution in [-0.2, 0) is 30.1 Å². The van der Waals surface area contributed by atoms with Gasteiger partial charge in [0.05, 0.1) is 53.6 Å². The highest BCUT2D eigenvalue weighted by Gasteiger charge is 2.53. The Morgan fingerprint density at radius 1 is 1.07 bits per heavy atom. The van der Waals surface area contributed by atoms with E-state index in [2.05, 4.69) is 39.3 Å². The number of hydrogen-bond acceptors (Lipinski definition) is 10. The molecule has 0 radical (unpaired) electrons. The number of ether oxygens (including phenoxy) is 1. The number of alkyl halides is 3. The van der Waals surface area contributed by atoms with E-state index in [-0.39, 0.29) is 65.7 Å². The number of carbonyl (C=O) groups excluding carboxylic acids is 4. The molecule has 17 heteroatoms. The van der Waals surface area contributed by atoms with Gasteiger partial charge in [-0.1, -0.05) is 0 Å². The van der Waals surface area contributed by atoms with E-state index >= 15 is 0 Å². The lowest BCUT2D eigenvalue weighted by molar-refractivity contribution is -0.138. The van der Waals surface area contributed by atoms with E-state index in [1.807, 2.05) is 4.90 Å². The first-order chi connectivity index (χ1) is 26.5. The second-order valence-electron chi connectivity index (χ2n) is 15.9. The average Bonchev–Trinajstić information content (AvgIpc) is 3.32. The number of nitrogens with zero attached hydrogens (tertiary/aromatic N) is 6. The number of hydrogen-bond donors (Lipinski definition) is 2. The van der Waals surface area contributed by atoms with Gasteiger partial charge in [-0.2, -0.15) is 18.4 Å². The van der Waals surface area contributed by atoms with Gasteiger partial charge in [0.25, 0.3) is 5.91 Å². The van der Waals surface area contributed by atoms with E-state index in [0.29, 0.717) is 30.3 Å². The Bertz CT molecular complexity index is 1880. The number of rotatable bonds is 10. The Morgan fingerprint density at radius 2 is 1.77 bits per heavy atom. The van der Waals surface area contributed by atoms with Gasteiger partial charge in [0.2, 0.25) is 17.7 Å². The monoisotopic (exact) mass is 796 g/mol. The predicted octanol–water partition coefficient (Wildman–Crippen LogP) is 5.44. The zero-order valence-corrected chi connectivity index (χ0v) is 32.7. The molecule has 6 rings (SSSR count). The van der Waals surface area contributed by atoms with Crippen LogP contribution in [0.5, 0.6) is 0 Å². The van der Waals surface area contributed by atoms with Gasteiger partial charge in [0.15, 0.2) is 10.8 Å². The van der Waals surface area contributed by atoms with Crippen molar-refractivity contribution < 1.29 is 37.1 Å². The van der Waals surface area contributed by atoms with Crippen molar-refractivity contribution in [2.75, 3.05) is 23.4 Å². The number of piperidine rings is 2. The highest BCUT2D eigenvalue weighted by molar-refractivity contribution is 7.80. The molecule has 13 nitrogen and oxygen atoms in total. The van der Waals surface area contributed by atoms with Crippen LogP contribution in [0.2, 0.25) is 0 Å². The molecule has 0 bridgehead atoms. The summed E-state index contributed by atoms with van der Waals surface area (Å²) >= 11 is 5.72. The number of nitrogens with one attached hydrogen (secondary N) is 2. The van der Waals surface area contributed by atoms with Crippen LogP contribution in [0.4, 0.5) is 24.5 Å². The van der Waals surface area contributed by atoms with Crippen LogP contribution in [-0.4, -0.2) is 91.4 Å². The average molecular weight is 797 g/mol. The highest BCUT2D eigenvalue weighted by Crippen LogP contribution is 2.41. The molecule has 4 aliphatic rings. The normalized spacial score (nSPS) is 27.2. The van der Waals surface area contributed by atoms with Gasteiger partial charge < -0.3 is 15.0 Å². The van der Waals surface area contributed by atoms with Crippen molar-refractivity contribution in [1.82, 2.24) is 25.1 Å². The first kappa shape index (κ1) is 41.1. The van der Waals surface area contributed by atoms with E-state index in [9.17, 15) is 32.3 Å². The van der Waals surface area contributed by atoms with Crippen LogP contribution in [0.1, 0.15) is 108 Å². The van der Waals surface area contributed by atoms with Crippen LogP contribution in [0.3, 0.4) is 0 Å². The van der Waals surface area contributed by atoms with Gasteiger partial charge >= 0.3 is 6.18 Å². The lowest BCUT2D eigenvalue weighted by Crippen LogP contribution is -2.51. The summed E-state index contributed by atoms with van der Waals surface area (Å²) in [5.74, 6) is -1.31. The molecular weight excluding hydrogens is 750 g/mol. The summed E-state index contributed by atoms with van der Waals surface area (Å²) in [4.78, 5) is 63.4. The van der Waals surface area contributed by atoms with Gasteiger partial charge in [-0.15, -0.1) is 0 Å². The standard InChI is InChI=1S/C39H47F3N8O5S/c1-22-15-28(16-23(2)48(22)21-34(52)46-25-7-11-31(44-19-25)29-10-12-33(51)47-35(29)53)55-14-13-24-5-8-26(9-6-24)50-37(56)49(36(54)38(50,3)4)27-17-30(39(40,41)42)32(18-43)45-20-27/h7,11,17,19-20,22-24,26,28-29H,5-6,8-10,12-16,21H2,1-4H3,(H,46,52)(H,47,51,53)/t22-,23+,24?,26?,28?,29?. The number of imide groups is 1. The number of thiocarbonyl (C=S) groups is 1. The number of nitriles is 1. The fourth-order valence-electron chi connectivity index (χ4n) is 8.66. The zero-order chi connectivity index (χ0) is 40.5. The van der Waals surface area contributed by atoms with E-state index in [1.54, 1.807) is 26.0 Å². The van der Waals surface area contributed by atoms with E-state index in [4.69, 9.17) is 22.2 Å². The zero-order valence-electron chi connectivity index (χ0n) is 31.9. The molecule has 0 aromatic carbocycles. The van der Waals surface area contributed by atoms with Crippen LogP contribution in [0.25, 0.3) is 0 Å². The number of carbonyl (C=O) groups is 4. The number of pyridine rings is 2. The van der Waals surface area contributed by atoms with Crippen molar-refractivity contribution in [3.63, 3.8) is 0 Å². The van der Waals surface area contributed by atoms with Crippen molar-refractivity contribution in [2.24, 2.45) is 5.92 Å². The Labute approximate surface area is 329 Å². The van der Waals surface area contributed by atoms with E-state index in [1.165, 1.54) is 12.3 Å². The number of amides is 4. The summed E-state index contributed by atoms with van der Waals surface area (Å²) in [7, 11) is 0. The Kier molecular flexibility index (Phi) is 12.1. The van der Waals surface area contributed by atoms with E-state index < -0.39 is 34.8 Å². The summed E-state index contributed by atoms with van der Waals surface area (Å²) in [5, 5.41) is 14.5. The number of likely N-dealkylation sites (tertiary alicyclic amines) is 1. The predicted molar refractivity (Wildman–Crippen MR) is 203 cm³/mol. The maximum atomic E-state index is 13.7. The van der Waals surface area contributed by atoms with Gasteiger partial charge in [-0.05, 0) is 115 Å². The van der Waals surface area contributed by atoms with Crippen LogP contribution in [0, 0.1) is 17.2 Å². The highest BCUT2D eigenvalue weighted by atomic mass is 32.1. The van der Waals surface area contributed by atoms with Gasteiger partial charge in [0.1, 0.15) is 11.6 Å². The molecule has 300 valence electrons. The molecule has 56 heavy (non-hydrogen) atoms. The lowest BCUT2D eigenvalue weighted by atomic mass is 9.82. The van der Waals surface area contributed by atoms with Crippen molar-refractivity contribution >= 4 is 52.3 Å². The molecule has 3 aliphatic heterocycles. The molecule has 5 heterocycles. The third kappa shape index (κ3) is 8.72. The van der Waals surface area contributed by atoms with E-state index in [0.717, 1.165) is 62.1 Å². The maximum absolute atomic E-state index is 13.7. The largest absolute Gasteiger partial charge is 0.419 e. The topological polar surface area (TPSA) is 161 Å². The molecule has 4 atom stereocenters. The second kappa shape index (κ2) is 16.5. The molecule has 0 spiro atoms. The molecule has 2 aromatic heterocycles. The molecule has 1 saturated carbocycles. The third-order valence-corrected chi connectivity index (χ3v) is 12.0. The van der Waals surface area contributed by atoms with Crippen molar-refractivity contribution in [3.05, 3.63) is 47.5 Å². The number of halogens is 3. The van der Waals surface area contributed by atoms with Crippen molar-refractivity contribution in [1.29, 1.82) is 5.26 Å². The van der Waals surface area contributed by atoms with Crippen molar-refractivity contribution in [2.45, 2.75) is 127 Å². The first-order valence-corrected chi connectivity index (χ1v) is 19.5. The fraction of sp³-hybridized carbons (Fsp3) is 0.590. The summed E-state index contributed by atoms with van der Waals surface area (Å²) in [6, 6.07) is 5.83. The molecule has 2 unspecified atom stereocenters. The van der Waals surface area contributed by atoms with Crippen LogP contribution in [0.15, 0.2) is 30.6 Å². The SMILES string of the molecule is C[C@@H]1CC(OCCC2CCC(N3C(=S)N(c4cnc(C#N)c(C(F)(F)F)c4)C(=O)C3(C)C)CC2)C[C@H](C)N1CC(=O)Nc1ccc(C2CCC(=O)NC2=O)nc1. The Morgan fingerprint density at radius 3 is 2.38 bits per heavy atom. The smallest absolute Gasteiger partial charge is 0.378 e. The molecule has 2 N–H and O–H groups in total. The molecule has 1 aliphatic carbocycles. The molecular formula is C39H47F3N8O5S. The second-order valence-corrected chi connectivity index (χ2v) is 16.2. The minimum absolute atomic E-state index is 0.0614. The molecule has 3 saturated heterocycles. The third-order valence-electron chi connectivity index (χ3n) is 11.7.